The molecule has 7 nitrogen and oxygen atoms in total. The minimum Gasteiger partial charge on any atom is -0.481 e. The van der Waals surface area contributed by atoms with E-state index in [1.807, 2.05) is 0 Å². The zero-order chi connectivity index (χ0) is 22.4. The first-order chi connectivity index (χ1) is 14.1. The molecule has 1 unspecified atom stereocenters. The van der Waals surface area contributed by atoms with Crippen LogP contribution < -0.4 is 0 Å². The molecule has 0 aliphatic heterocycles. The fourth-order valence-electron chi connectivity index (χ4n) is 3.93. The quantitative estimate of drug-likeness (QED) is 0.199. The van der Waals surface area contributed by atoms with Gasteiger partial charge in [0.1, 0.15) is 6.10 Å². The van der Waals surface area contributed by atoms with E-state index >= 15 is 0 Å². The summed E-state index contributed by atoms with van der Waals surface area (Å²) in [5.41, 5.74) is -0.817. The summed E-state index contributed by atoms with van der Waals surface area (Å²) in [4.78, 5) is 23.8. The summed E-state index contributed by atoms with van der Waals surface area (Å²) in [5.74, 6) is -5.95. The van der Waals surface area contributed by atoms with Crippen molar-refractivity contribution in [2.24, 2.45) is 11.8 Å². The molecule has 0 bridgehead atoms. The van der Waals surface area contributed by atoms with E-state index in [-0.39, 0.29) is 6.42 Å². The van der Waals surface area contributed by atoms with Crippen molar-refractivity contribution in [2.75, 3.05) is 0 Å². The number of benzene rings is 1. The Labute approximate surface area is 177 Å². The Morgan fingerprint density at radius 2 is 1.90 bits per heavy atom. The molecule has 1 aliphatic rings. The van der Waals surface area contributed by atoms with Crippen LogP contribution in [0, 0.1) is 11.8 Å². The Hall–Kier alpha value is -2.22. The lowest BCUT2D eigenvalue weighted by Gasteiger charge is -2.26. The average molecular weight is 421 g/mol. The maximum Gasteiger partial charge on any atom is 0.338 e. The Balaban J connectivity index is 2.24. The minimum absolute atomic E-state index is 0.309. The molecule has 1 saturated carbocycles. The molecule has 1 aromatic rings. The van der Waals surface area contributed by atoms with Crippen LogP contribution in [0.2, 0.25) is 0 Å². The van der Waals surface area contributed by atoms with Gasteiger partial charge < -0.3 is 25.2 Å². The summed E-state index contributed by atoms with van der Waals surface area (Å²) >= 11 is 0. The van der Waals surface area contributed by atoms with Crippen molar-refractivity contribution in [1.29, 1.82) is 0 Å². The number of carboxylic acids is 1. The summed E-state index contributed by atoms with van der Waals surface area (Å²) in [6, 6.07) is 8.30. The highest BCUT2D eigenvalue weighted by atomic mass is 16.6. The zero-order valence-corrected chi connectivity index (χ0v) is 17.5. The highest BCUT2D eigenvalue weighted by molar-refractivity contribution is 5.89. The van der Waals surface area contributed by atoms with Crippen LogP contribution in [-0.2, 0) is 9.53 Å². The molecule has 1 aliphatic carbocycles. The van der Waals surface area contributed by atoms with Crippen LogP contribution in [0.25, 0.3) is 0 Å². The second kappa shape index (κ2) is 10.2. The molecule has 0 aromatic heterocycles. The number of ether oxygens (including phenoxy) is 1. The van der Waals surface area contributed by atoms with Crippen molar-refractivity contribution < 1.29 is 34.8 Å². The van der Waals surface area contributed by atoms with E-state index in [0.717, 1.165) is 19.3 Å². The Morgan fingerprint density at radius 1 is 1.23 bits per heavy atom. The number of carboxylic acid groups (broad SMARTS) is 1. The monoisotopic (exact) mass is 420 g/mol. The van der Waals surface area contributed by atoms with Crippen molar-refractivity contribution in [1.82, 2.24) is 0 Å². The first kappa shape index (κ1) is 24.1. The van der Waals surface area contributed by atoms with Gasteiger partial charge in [-0.15, -0.1) is 0 Å². The first-order valence-electron chi connectivity index (χ1n) is 10.4. The number of carbonyl (C=O) groups is 2. The number of hydrogen-bond donors (Lipinski definition) is 4. The van der Waals surface area contributed by atoms with Crippen molar-refractivity contribution in [3.05, 3.63) is 48.0 Å². The Bertz CT molecular complexity index is 739. The van der Waals surface area contributed by atoms with Gasteiger partial charge >= 0.3 is 11.9 Å². The number of hydrogen-bond acceptors (Lipinski definition) is 6. The molecule has 0 spiro atoms. The van der Waals surface area contributed by atoms with E-state index in [4.69, 9.17) is 4.74 Å². The van der Waals surface area contributed by atoms with Crippen LogP contribution in [0.4, 0.5) is 0 Å². The van der Waals surface area contributed by atoms with Crippen molar-refractivity contribution in [3.8, 4) is 0 Å². The van der Waals surface area contributed by atoms with Crippen LogP contribution in [0.3, 0.4) is 0 Å². The van der Waals surface area contributed by atoms with Gasteiger partial charge in [-0.2, -0.15) is 0 Å². The molecule has 4 N–H and O–H groups in total. The average Bonchev–Trinajstić information content (AvgIpc) is 2.89. The van der Waals surface area contributed by atoms with Gasteiger partial charge in [0.05, 0.1) is 17.6 Å². The maximum atomic E-state index is 12.5. The third-order valence-electron chi connectivity index (χ3n) is 5.62. The van der Waals surface area contributed by atoms with E-state index < -0.39 is 47.7 Å². The number of esters is 1. The molecule has 166 valence electrons. The SMILES string of the molecule is CCCCCC(C)(O)C=C[C@@H]1[C@@H](CC(=O)O)C(O)(O)C[C@H]1OC(=O)c1ccccc1. The topological polar surface area (TPSA) is 124 Å². The molecule has 0 radical (unpaired) electrons. The smallest absolute Gasteiger partial charge is 0.338 e. The van der Waals surface area contributed by atoms with E-state index in [2.05, 4.69) is 6.92 Å². The lowest BCUT2D eigenvalue weighted by molar-refractivity contribution is -0.195. The second-order valence-electron chi connectivity index (χ2n) is 8.35. The lowest BCUT2D eigenvalue weighted by Crippen LogP contribution is -2.36. The Kier molecular flexibility index (Phi) is 8.18. The Morgan fingerprint density at radius 3 is 2.50 bits per heavy atom. The van der Waals surface area contributed by atoms with Gasteiger partial charge in [0.25, 0.3) is 0 Å². The fraction of sp³-hybridized carbons (Fsp3) is 0.565. The predicted octanol–water partition coefficient (Wildman–Crippen LogP) is 2.89. The largest absolute Gasteiger partial charge is 0.481 e. The zero-order valence-electron chi connectivity index (χ0n) is 17.5. The predicted molar refractivity (Wildman–Crippen MR) is 111 cm³/mol. The van der Waals surface area contributed by atoms with Crippen LogP contribution in [-0.4, -0.2) is 49.9 Å². The summed E-state index contributed by atoms with van der Waals surface area (Å²) in [6.45, 7) is 3.71. The van der Waals surface area contributed by atoms with E-state index in [1.54, 1.807) is 49.4 Å². The van der Waals surface area contributed by atoms with Gasteiger partial charge in [0.15, 0.2) is 5.79 Å². The third kappa shape index (κ3) is 6.65. The number of unbranched alkanes of at least 4 members (excludes halogenated alkanes) is 2. The van der Waals surface area contributed by atoms with Gasteiger partial charge in [-0.05, 0) is 25.5 Å². The molecule has 7 heteroatoms. The molecule has 1 aromatic carbocycles. The van der Waals surface area contributed by atoms with E-state index in [0.29, 0.717) is 12.0 Å². The summed E-state index contributed by atoms with van der Waals surface area (Å²) in [5, 5.41) is 40.7. The van der Waals surface area contributed by atoms with Gasteiger partial charge in [-0.3, -0.25) is 4.79 Å². The normalized spacial score (nSPS) is 25.2. The third-order valence-corrected chi connectivity index (χ3v) is 5.62. The number of carbonyl (C=O) groups excluding carboxylic acids is 1. The molecule has 4 atom stereocenters. The second-order valence-corrected chi connectivity index (χ2v) is 8.35. The molecule has 0 heterocycles. The van der Waals surface area contributed by atoms with Crippen LogP contribution in [0.5, 0.6) is 0 Å². The molecule has 2 rings (SSSR count). The first-order valence-corrected chi connectivity index (χ1v) is 10.4. The van der Waals surface area contributed by atoms with E-state index in [1.165, 1.54) is 0 Å². The van der Waals surface area contributed by atoms with Crippen molar-refractivity contribution in [3.63, 3.8) is 0 Å². The van der Waals surface area contributed by atoms with Crippen LogP contribution in [0.1, 0.15) is 62.7 Å². The highest BCUT2D eigenvalue weighted by Gasteiger charge is 2.53. The fourth-order valence-corrected chi connectivity index (χ4v) is 3.93. The van der Waals surface area contributed by atoms with Gasteiger partial charge in [-0.1, -0.05) is 56.5 Å². The molecule has 0 saturated heterocycles. The number of rotatable bonds is 10. The summed E-state index contributed by atoms with van der Waals surface area (Å²) in [6.07, 6.45) is 4.71. The number of aliphatic carboxylic acids is 1. The van der Waals surface area contributed by atoms with E-state index in [9.17, 15) is 30.0 Å². The van der Waals surface area contributed by atoms with Crippen molar-refractivity contribution in [2.45, 2.75) is 69.9 Å². The molecule has 1 fully saturated rings. The van der Waals surface area contributed by atoms with Crippen LogP contribution >= 0.6 is 0 Å². The summed E-state index contributed by atoms with van der Waals surface area (Å²) < 4.78 is 5.54. The van der Waals surface area contributed by atoms with Gasteiger partial charge in [0, 0.05) is 18.3 Å². The lowest BCUT2D eigenvalue weighted by atomic mass is 9.87. The molecular weight excluding hydrogens is 388 g/mol. The molecule has 30 heavy (non-hydrogen) atoms. The minimum atomic E-state index is -2.30. The van der Waals surface area contributed by atoms with Gasteiger partial charge in [-0.25, -0.2) is 4.79 Å². The maximum absolute atomic E-state index is 12.5. The summed E-state index contributed by atoms with van der Waals surface area (Å²) in [7, 11) is 0. The molecule has 0 amide bonds. The standard InChI is InChI=1S/C23H32O7/c1-3-4-8-12-22(2,27)13-11-17-18(14-20(24)25)23(28,29)15-19(17)30-21(26)16-9-6-5-7-10-16/h5-7,9-11,13,17-19,27-29H,3-4,8,12,14-15H2,1-2H3,(H,24,25)/t17-,18-,19-,22?/m1/s1. The highest BCUT2D eigenvalue weighted by Crippen LogP contribution is 2.44. The van der Waals surface area contributed by atoms with Gasteiger partial charge in [0.2, 0.25) is 0 Å². The van der Waals surface area contributed by atoms with Crippen molar-refractivity contribution >= 4 is 11.9 Å². The molecular formula is C23H32O7. The number of aliphatic hydroxyl groups is 3. The van der Waals surface area contributed by atoms with Crippen LogP contribution in [0.15, 0.2) is 42.5 Å².